The molecule has 0 amide bonds. The van der Waals surface area contributed by atoms with E-state index < -0.39 is 0 Å². The SMILES string of the molecule is C=C(C)Cn1c(C)c(C)n2c3c(=O)n(C)c(=O)n(C)c3nc12. The molecule has 3 aromatic rings. The minimum atomic E-state index is -0.376. The molecule has 0 radical (unpaired) electrons. The van der Waals surface area contributed by atoms with Crippen LogP contribution in [0.4, 0.5) is 0 Å². The lowest BCUT2D eigenvalue weighted by atomic mass is 10.3. The number of rotatable bonds is 2. The second-order valence-electron chi connectivity index (χ2n) is 5.84. The highest BCUT2D eigenvalue weighted by molar-refractivity contribution is 5.76. The van der Waals surface area contributed by atoms with Gasteiger partial charge in [-0.25, -0.2) is 4.79 Å². The van der Waals surface area contributed by atoms with Crippen LogP contribution in [0, 0.1) is 13.8 Å². The lowest BCUT2D eigenvalue weighted by molar-refractivity contribution is 0.707. The molecule has 0 aliphatic heterocycles. The monoisotopic (exact) mass is 301 g/mol. The molecule has 0 aliphatic carbocycles. The number of hydrogen-bond acceptors (Lipinski definition) is 3. The van der Waals surface area contributed by atoms with E-state index in [1.54, 1.807) is 7.05 Å². The molecule has 0 fully saturated rings. The number of hydrogen-bond donors (Lipinski definition) is 0. The molecule has 0 unspecified atom stereocenters. The van der Waals surface area contributed by atoms with E-state index in [-0.39, 0.29) is 11.2 Å². The Bertz CT molecular complexity index is 1060. The fourth-order valence-corrected chi connectivity index (χ4v) is 2.85. The molecule has 0 aromatic carbocycles. The molecule has 7 heteroatoms. The minimum absolute atomic E-state index is 0.332. The third kappa shape index (κ3) is 1.65. The second-order valence-corrected chi connectivity index (χ2v) is 5.84. The van der Waals surface area contributed by atoms with Crippen LogP contribution in [0.3, 0.4) is 0 Å². The van der Waals surface area contributed by atoms with Crippen molar-refractivity contribution in [2.45, 2.75) is 27.3 Å². The molecule has 0 spiro atoms. The smallest absolute Gasteiger partial charge is 0.310 e. The summed E-state index contributed by atoms with van der Waals surface area (Å²) in [5, 5.41) is 0. The maximum atomic E-state index is 12.5. The Morgan fingerprint density at radius 3 is 2.36 bits per heavy atom. The molecule has 22 heavy (non-hydrogen) atoms. The summed E-state index contributed by atoms with van der Waals surface area (Å²) in [6.07, 6.45) is 0. The first kappa shape index (κ1) is 14.4. The molecule has 0 N–H and O–H groups in total. The standard InChI is InChI=1S/C15H19N5O2/c1-8(2)7-19-9(3)10(4)20-11-12(16-14(19)20)17(5)15(22)18(6)13(11)21/h1,7H2,2-6H3. The van der Waals surface area contributed by atoms with E-state index in [0.717, 1.165) is 21.5 Å². The number of aryl methyl sites for hydroxylation is 2. The van der Waals surface area contributed by atoms with E-state index in [0.29, 0.717) is 23.5 Å². The lowest BCUT2D eigenvalue weighted by Crippen LogP contribution is -2.37. The average molecular weight is 301 g/mol. The van der Waals surface area contributed by atoms with Gasteiger partial charge in [0, 0.05) is 32.0 Å². The van der Waals surface area contributed by atoms with Crippen LogP contribution in [0.5, 0.6) is 0 Å². The van der Waals surface area contributed by atoms with Gasteiger partial charge < -0.3 is 4.57 Å². The first-order valence-corrected chi connectivity index (χ1v) is 7.04. The molecule has 0 saturated carbocycles. The van der Waals surface area contributed by atoms with Crippen LogP contribution in [0.2, 0.25) is 0 Å². The van der Waals surface area contributed by atoms with Crippen LogP contribution in [-0.2, 0) is 20.6 Å². The molecule has 0 bridgehead atoms. The zero-order valence-corrected chi connectivity index (χ0v) is 13.5. The summed E-state index contributed by atoms with van der Waals surface area (Å²) in [7, 11) is 3.11. The van der Waals surface area contributed by atoms with Crippen LogP contribution in [-0.4, -0.2) is 23.1 Å². The highest BCUT2D eigenvalue weighted by Gasteiger charge is 2.21. The average Bonchev–Trinajstić information content (AvgIpc) is 2.95. The van der Waals surface area contributed by atoms with Crippen molar-refractivity contribution < 1.29 is 0 Å². The van der Waals surface area contributed by atoms with Crippen molar-refractivity contribution in [2.75, 3.05) is 0 Å². The largest absolute Gasteiger partial charge is 0.332 e. The van der Waals surface area contributed by atoms with Crippen molar-refractivity contribution in [3.63, 3.8) is 0 Å². The molecule has 7 nitrogen and oxygen atoms in total. The van der Waals surface area contributed by atoms with E-state index in [2.05, 4.69) is 11.6 Å². The van der Waals surface area contributed by atoms with Crippen molar-refractivity contribution >= 4 is 16.9 Å². The Labute approximate surface area is 126 Å². The van der Waals surface area contributed by atoms with Gasteiger partial charge in [0.05, 0.1) is 0 Å². The van der Waals surface area contributed by atoms with Crippen LogP contribution in [0.25, 0.3) is 16.9 Å². The van der Waals surface area contributed by atoms with Crippen LogP contribution < -0.4 is 11.2 Å². The van der Waals surface area contributed by atoms with Gasteiger partial charge in [-0.15, -0.1) is 0 Å². The van der Waals surface area contributed by atoms with Crippen molar-refractivity contribution in [1.29, 1.82) is 0 Å². The maximum Gasteiger partial charge on any atom is 0.332 e. The molecule has 116 valence electrons. The summed E-state index contributed by atoms with van der Waals surface area (Å²) >= 11 is 0. The predicted molar refractivity (Wildman–Crippen MR) is 85.5 cm³/mol. The summed E-state index contributed by atoms with van der Waals surface area (Å²) < 4.78 is 6.36. The Morgan fingerprint density at radius 2 is 1.77 bits per heavy atom. The molecule has 3 heterocycles. The molecule has 0 atom stereocenters. The third-order valence-electron chi connectivity index (χ3n) is 4.17. The molecule has 0 saturated heterocycles. The zero-order chi connectivity index (χ0) is 16.3. The third-order valence-corrected chi connectivity index (χ3v) is 4.17. The molecule has 0 aliphatic rings. The second kappa shape index (κ2) is 4.46. The van der Waals surface area contributed by atoms with Crippen molar-refractivity contribution in [2.24, 2.45) is 14.1 Å². The Balaban J connectivity index is 2.61. The van der Waals surface area contributed by atoms with Gasteiger partial charge in [-0.1, -0.05) is 12.2 Å². The summed E-state index contributed by atoms with van der Waals surface area (Å²) in [6.45, 7) is 10.5. The Morgan fingerprint density at radius 1 is 1.14 bits per heavy atom. The van der Waals surface area contributed by atoms with Gasteiger partial charge >= 0.3 is 5.69 Å². The highest BCUT2D eigenvalue weighted by Crippen LogP contribution is 2.21. The normalized spacial score (nSPS) is 11.7. The van der Waals surface area contributed by atoms with Gasteiger partial charge in [-0.05, 0) is 20.8 Å². The predicted octanol–water partition coefficient (Wildman–Crippen LogP) is 0.879. The number of aromatic nitrogens is 5. The summed E-state index contributed by atoms with van der Waals surface area (Å²) in [4.78, 5) is 29.2. The van der Waals surface area contributed by atoms with E-state index >= 15 is 0 Å². The number of nitrogens with zero attached hydrogens (tertiary/aromatic N) is 5. The number of allylic oxidation sites excluding steroid dienone is 1. The lowest BCUT2D eigenvalue weighted by Gasteiger charge is -2.05. The topological polar surface area (TPSA) is 66.2 Å². The first-order valence-electron chi connectivity index (χ1n) is 7.04. The van der Waals surface area contributed by atoms with E-state index in [1.165, 1.54) is 11.6 Å². The van der Waals surface area contributed by atoms with Gasteiger partial charge in [-0.3, -0.25) is 18.3 Å². The zero-order valence-electron chi connectivity index (χ0n) is 13.5. The molecule has 3 aromatic heterocycles. The minimum Gasteiger partial charge on any atom is -0.310 e. The highest BCUT2D eigenvalue weighted by atomic mass is 16.2. The van der Waals surface area contributed by atoms with Gasteiger partial charge in [0.2, 0.25) is 5.78 Å². The van der Waals surface area contributed by atoms with Crippen LogP contribution in [0.1, 0.15) is 18.3 Å². The van der Waals surface area contributed by atoms with Crippen LogP contribution in [0.15, 0.2) is 21.7 Å². The van der Waals surface area contributed by atoms with E-state index in [9.17, 15) is 9.59 Å². The number of imidazole rings is 2. The van der Waals surface area contributed by atoms with Gasteiger partial charge in [0.15, 0.2) is 11.2 Å². The fraction of sp³-hybridized carbons (Fsp3) is 0.400. The van der Waals surface area contributed by atoms with Gasteiger partial charge in [-0.2, -0.15) is 4.98 Å². The molecule has 3 rings (SSSR count). The van der Waals surface area contributed by atoms with Crippen molar-refractivity contribution in [3.05, 3.63) is 44.4 Å². The van der Waals surface area contributed by atoms with Gasteiger partial charge in [0.1, 0.15) is 0 Å². The summed E-state index contributed by atoms with van der Waals surface area (Å²) in [6, 6.07) is 0. The van der Waals surface area contributed by atoms with Crippen molar-refractivity contribution in [3.8, 4) is 0 Å². The Kier molecular flexibility index (Phi) is 2.91. The summed E-state index contributed by atoms with van der Waals surface area (Å²) in [5.74, 6) is 0.659. The quantitative estimate of drug-likeness (QED) is 0.660. The van der Waals surface area contributed by atoms with E-state index in [4.69, 9.17) is 0 Å². The Hall–Kier alpha value is -2.57. The number of fused-ring (bicyclic) bond motifs is 3. The summed E-state index contributed by atoms with van der Waals surface area (Å²) in [5.41, 5.74) is 3.09. The molecular formula is C15H19N5O2. The van der Waals surface area contributed by atoms with Gasteiger partial charge in [0.25, 0.3) is 5.56 Å². The van der Waals surface area contributed by atoms with E-state index in [1.807, 2.05) is 29.7 Å². The van der Waals surface area contributed by atoms with Crippen LogP contribution >= 0.6 is 0 Å². The fourth-order valence-electron chi connectivity index (χ4n) is 2.85. The molecular weight excluding hydrogens is 282 g/mol. The van der Waals surface area contributed by atoms with Crippen molar-refractivity contribution in [1.82, 2.24) is 23.1 Å². The first-order chi connectivity index (χ1) is 10.3. The maximum absolute atomic E-state index is 12.5.